The third kappa shape index (κ3) is 4.51. The Labute approximate surface area is 165 Å². The van der Waals surface area contributed by atoms with Gasteiger partial charge in [0, 0.05) is 11.1 Å². The lowest BCUT2D eigenvalue weighted by atomic mass is 9.37. The molecule has 2 bridgehead atoms. The maximum Gasteiger partial charge on any atom is 0.299 e. The third-order valence-electron chi connectivity index (χ3n) is 7.75. The van der Waals surface area contributed by atoms with Crippen molar-refractivity contribution in [2.45, 2.75) is 127 Å². The largest absolute Gasteiger partial charge is 0.432 e. The minimum Gasteiger partial charge on any atom is -0.432 e. The van der Waals surface area contributed by atoms with Gasteiger partial charge in [-0.1, -0.05) is 104 Å². The van der Waals surface area contributed by atoms with Crippen LogP contribution in [0.4, 0.5) is 0 Å². The summed E-state index contributed by atoms with van der Waals surface area (Å²) in [6.07, 6.45) is 16.3. The quantitative estimate of drug-likeness (QED) is 0.213. The van der Waals surface area contributed by atoms with E-state index in [2.05, 4.69) is 53.1 Å². The normalized spacial score (nSPS) is 27.3. The second-order valence-corrected chi connectivity index (χ2v) is 15.9. The molecule has 0 N–H and O–H groups in total. The summed E-state index contributed by atoms with van der Waals surface area (Å²) < 4.78 is 7.21. The van der Waals surface area contributed by atoms with E-state index < -0.39 is 8.07 Å². The van der Waals surface area contributed by atoms with E-state index in [1.807, 2.05) is 0 Å². The van der Waals surface area contributed by atoms with Crippen molar-refractivity contribution in [1.82, 2.24) is 0 Å². The van der Waals surface area contributed by atoms with Crippen molar-refractivity contribution >= 4 is 15.0 Å². The van der Waals surface area contributed by atoms with Crippen LogP contribution in [0.5, 0.6) is 0 Å². The van der Waals surface area contributed by atoms with Crippen molar-refractivity contribution in [3.8, 4) is 0 Å². The van der Waals surface area contributed by atoms with E-state index in [1.54, 1.807) is 0 Å². The number of unbranched alkanes of at least 4 members (excludes halogenated alkanes) is 2. The SMILES string of the molecule is C=C[C@](C(C)C)([C@H](CCCCC)OB1C2CCCC1CCC2)[Si](C)(C)C. The Kier molecular flexibility index (Phi) is 8.10. The first kappa shape index (κ1) is 22.3. The topological polar surface area (TPSA) is 9.23 Å². The molecule has 2 aliphatic rings. The van der Waals surface area contributed by atoms with Crippen LogP contribution in [-0.4, -0.2) is 21.1 Å². The highest BCUT2D eigenvalue weighted by Gasteiger charge is 2.52. The highest BCUT2D eigenvalue weighted by molar-refractivity contribution is 6.80. The zero-order chi connectivity index (χ0) is 19.4. The maximum absolute atomic E-state index is 7.21. The predicted octanol–water partition coefficient (Wildman–Crippen LogP) is 7.97. The van der Waals surface area contributed by atoms with Crippen LogP contribution in [0.2, 0.25) is 36.3 Å². The lowest BCUT2D eigenvalue weighted by molar-refractivity contribution is 0.109. The van der Waals surface area contributed by atoms with Crippen LogP contribution in [0.15, 0.2) is 12.7 Å². The summed E-state index contributed by atoms with van der Waals surface area (Å²) in [6.45, 7) is 19.7. The molecule has 0 aromatic carbocycles. The highest BCUT2D eigenvalue weighted by atomic mass is 28.3. The van der Waals surface area contributed by atoms with E-state index in [4.69, 9.17) is 4.65 Å². The fourth-order valence-electron chi connectivity index (χ4n) is 6.42. The first-order valence-corrected chi connectivity index (χ1v) is 15.1. The number of fused-ring (bicyclic) bond motifs is 2. The molecule has 2 atom stereocenters. The van der Waals surface area contributed by atoms with Crippen LogP contribution in [-0.2, 0) is 4.65 Å². The Hall–Kier alpha value is -0.0182. The third-order valence-corrected chi connectivity index (χ3v) is 11.4. The van der Waals surface area contributed by atoms with Gasteiger partial charge in [0.2, 0.25) is 0 Å². The molecule has 2 rings (SSSR count). The van der Waals surface area contributed by atoms with Gasteiger partial charge in [-0.15, -0.1) is 6.58 Å². The van der Waals surface area contributed by atoms with Crippen LogP contribution in [0.3, 0.4) is 0 Å². The number of rotatable bonds is 10. The first-order valence-electron chi connectivity index (χ1n) is 11.6. The van der Waals surface area contributed by atoms with Crippen molar-refractivity contribution in [3.05, 3.63) is 12.7 Å². The van der Waals surface area contributed by atoms with Gasteiger partial charge in [0.25, 0.3) is 6.92 Å². The molecule has 2 fully saturated rings. The van der Waals surface area contributed by atoms with Gasteiger partial charge >= 0.3 is 0 Å². The van der Waals surface area contributed by atoms with Crippen LogP contribution in [0.1, 0.15) is 85.0 Å². The monoisotopic (exact) mass is 376 g/mol. The number of hydrogen-bond acceptors (Lipinski definition) is 1. The molecule has 150 valence electrons. The van der Waals surface area contributed by atoms with E-state index in [1.165, 1.54) is 64.2 Å². The smallest absolute Gasteiger partial charge is 0.299 e. The van der Waals surface area contributed by atoms with E-state index in [0.717, 1.165) is 11.6 Å². The Morgan fingerprint density at radius 1 is 1.08 bits per heavy atom. The molecule has 0 aromatic rings. The van der Waals surface area contributed by atoms with Gasteiger partial charge in [0.1, 0.15) is 0 Å². The zero-order valence-corrected chi connectivity index (χ0v) is 19.7. The van der Waals surface area contributed by atoms with Crippen molar-refractivity contribution in [3.63, 3.8) is 0 Å². The summed E-state index contributed by atoms with van der Waals surface area (Å²) >= 11 is 0. The Balaban J connectivity index is 2.30. The van der Waals surface area contributed by atoms with Crippen LogP contribution >= 0.6 is 0 Å². The lowest BCUT2D eigenvalue weighted by Crippen LogP contribution is -2.53. The molecule has 26 heavy (non-hydrogen) atoms. The summed E-state index contributed by atoms with van der Waals surface area (Å²) in [7, 11) is -1.49. The molecule has 0 aromatic heterocycles. The van der Waals surface area contributed by atoms with Crippen molar-refractivity contribution in [2.24, 2.45) is 5.92 Å². The minimum absolute atomic E-state index is 0.173. The molecule has 0 saturated carbocycles. The summed E-state index contributed by atoms with van der Waals surface area (Å²) in [5.74, 6) is 2.25. The van der Waals surface area contributed by atoms with Gasteiger partial charge < -0.3 is 4.65 Å². The summed E-state index contributed by atoms with van der Waals surface area (Å²) in [6, 6.07) is 0. The molecule has 0 unspecified atom stereocenters. The van der Waals surface area contributed by atoms with Crippen LogP contribution < -0.4 is 0 Å². The molecule has 0 aliphatic carbocycles. The second-order valence-electron chi connectivity index (χ2n) is 10.5. The molecule has 2 aliphatic heterocycles. The summed E-state index contributed by atoms with van der Waals surface area (Å²) in [5.41, 5.74) is 0. The van der Waals surface area contributed by atoms with Crippen LogP contribution in [0, 0.1) is 5.92 Å². The van der Waals surface area contributed by atoms with Gasteiger partial charge in [0.15, 0.2) is 0 Å². The van der Waals surface area contributed by atoms with Gasteiger partial charge in [-0.05, 0) is 24.0 Å². The maximum atomic E-state index is 7.21. The van der Waals surface area contributed by atoms with Crippen LogP contribution in [0.25, 0.3) is 0 Å². The fourth-order valence-corrected chi connectivity index (χ4v) is 9.94. The fraction of sp³-hybridized carbons (Fsp3) is 0.913. The van der Waals surface area contributed by atoms with Crippen molar-refractivity contribution in [1.29, 1.82) is 0 Å². The molecule has 2 heterocycles. The van der Waals surface area contributed by atoms with Crippen molar-refractivity contribution < 1.29 is 4.65 Å². The standard InChI is InChI=1S/C23H45BOSi/c1-8-10-11-18-22(23(9-2,19(3)4)26(5,6)7)25-24-20-14-12-15-21(24)17-13-16-20/h9,19-22H,2,8,10-18H2,1,3-7H3/t20?,21?,22-,23-/m0/s1. The van der Waals surface area contributed by atoms with Gasteiger partial charge in [-0.3, -0.25) is 0 Å². The molecular weight excluding hydrogens is 331 g/mol. The van der Waals surface area contributed by atoms with E-state index in [0.29, 0.717) is 18.9 Å². The van der Waals surface area contributed by atoms with E-state index >= 15 is 0 Å². The average molecular weight is 377 g/mol. The molecule has 0 spiro atoms. The lowest BCUT2D eigenvalue weighted by Gasteiger charge is -2.53. The van der Waals surface area contributed by atoms with Gasteiger partial charge in [0.05, 0.1) is 8.07 Å². The van der Waals surface area contributed by atoms with Gasteiger partial charge in [-0.2, -0.15) is 0 Å². The summed E-state index contributed by atoms with van der Waals surface area (Å²) in [4.78, 5) is 0. The Bertz CT molecular complexity index is 422. The van der Waals surface area contributed by atoms with E-state index in [9.17, 15) is 0 Å². The summed E-state index contributed by atoms with van der Waals surface area (Å²) in [5, 5.41) is 0.173. The number of hydrogen-bond donors (Lipinski definition) is 0. The molecule has 1 nitrogen and oxygen atoms in total. The Morgan fingerprint density at radius 3 is 2.00 bits per heavy atom. The van der Waals surface area contributed by atoms with Gasteiger partial charge in [-0.25, -0.2) is 0 Å². The minimum atomic E-state index is -1.49. The zero-order valence-electron chi connectivity index (χ0n) is 18.7. The average Bonchev–Trinajstić information content (AvgIpc) is 2.54. The molecule has 0 radical (unpaired) electrons. The first-order chi connectivity index (χ1) is 12.3. The predicted molar refractivity (Wildman–Crippen MR) is 121 cm³/mol. The second kappa shape index (κ2) is 9.46. The van der Waals surface area contributed by atoms with E-state index in [-0.39, 0.29) is 5.04 Å². The highest BCUT2D eigenvalue weighted by Crippen LogP contribution is 2.55. The molecule has 2 saturated heterocycles. The van der Waals surface area contributed by atoms with Crippen molar-refractivity contribution in [2.75, 3.05) is 0 Å². The Morgan fingerprint density at radius 2 is 1.62 bits per heavy atom. The molecule has 3 heteroatoms. The molecular formula is C23H45BOSi. The molecule has 0 amide bonds.